The van der Waals surface area contributed by atoms with Crippen LogP contribution < -0.4 is 0 Å². The van der Waals surface area contributed by atoms with Crippen molar-refractivity contribution in [1.82, 2.24) is 10.2 Å². The third-order valence-corrected chi connectivity index (χ3v) is 4.83. The molecule has 0 saturated carbocycles. The average molecular weight is 424 g/mol. The second-order valence-corrected chi connectivity index (χ2v) is 7.13. The number of methoxy groups -OCH3 is 1. The number of hydrogen-bond donors (Lipinski definition) is 1. The molecule has 2 aromatic rings. The number of halogens is 3. The van der Waals surface area contributed by atoms with E-state index in [0.717, 1.165) is 19.2 Å². The monoisotopic (exact) mass is 424 g/mol. The number of carbonyl (C=O) groups excluding carboxylic acids is 1. The summed E-state index contributed by atoms with van der Waals surface area (Å²) in [7, 11) is 1.08. The second kappa shape index (κ2) is 8.39. The molecular weight excluding hydrogens is 405 g/mol. The lowest BCUT2D eigenvalue weighted by atomic mass is 9.85. The van der Waals surface area contributed by atoms with E-state index in [-0.39, 0.29) is 17.2 Å². The van der Waals surface area contributed by atoms with Gasteiger partial charge in [-0.25, -0.2) is 9.59 Å². The number of alkyl halides is 3. The summed E-state index contributed by atoms with van der Waals surface area (Å²) in [5.74, 6) is -2.47. The number of ether oxygens (including phenoxy) is 2. The molecule has 0 bridgehead atoms. The van der Waals surface area contributed by atoms with E-state index >= 15 is 0 Å². The molecule has 0 fully saturated rings. The van der Waals surface area contributed by atoms with Gasteiger partial charge in [-0.3, -0.25) is 0 Å². The lowest BCUT2D eigenvalue weighted by Crippen LogP contribution is -2.35. The Balaban J connectivity index is 1.95. The molecule has 1 N–H and O–H groups in total. The second-order valence-electron chi connectivity index (χ2n) is 7.13. The zero-order valence-corrected chi connectivity index (χ0v) is 16.1. The Labute approximate surface area is 169 Å². The molecule has 0 spiro atoms. The Hall–Kier alpha value is -3.01. The molecule has 3 atom stereocenters. The fraction of sp³-hybridized carbons (Fsp3) is 0.400. The lowest BCUT2D eigenvalue weighted by Gasteiger charge is -2.29. The number of carbonyl (C=O) groups is 2. The van der Waals surface area contributed by atoms with E-state index in [0.29, 0.717) is 24.1 Å². The van der Waals surface area contributed by atoms with Crippen molar-refractivity contribution < 1.29 is 37.3 Å². The predicted molar refractivity (Wildman–Crippen MR) is 97.2 cm³/mol. The molecule has 0 amide bonds. The molecule has 0 radical (unpaired) electrons. The van der Waals surface area contributed by atoms with Gasteiger partial charge in [-0.2, -0.15) is 23.4 Å². The Morgan fingerprint density at radius 1 is 1.23 bits per heavy atom. The van der Waals surface area contributed by atoms with Crippen molar-refractivity contribution in [1.29, 1.82) is 0 Å². The number of esters is 1. The maximum absolute atomic E-state index is 13.0. The van der Waals surface area contributed by atoms with Crippen LogP contribution in [0.25, 0.3) is 11.3 Å². The van der Waals surface area contributed by atoms with Gasteiger partial charge in [-0.15, -0.1) is 0 Å². The molecule has 0 aliphatic heterocycles. The molecule has 1 aliphatic rings. The van der Waals surface area contributed by atoms with E-state index in [2.05, 4.69) is 14.9 Å². The number of hydrogen-bond acceptors (Lipinski definition) is 6. The topological polar surface area (TPSA) is 98.6 Å². The summed E-state index contributed by atoms with van der Waals surface area (Å²) in [4.78, 5) is 23.4. The van der Waals surface area contributed by atoms with Gasteiger partial charge in [0, 0.05) is 18.2 Å². The maximum atomic E-state index is 13.0. The molecule has 1 heterocycles. The largest absolute Gasteiger partial charge is 0.479 e. The van der Waals surface area contributed by atoms with E-state index in [1.807, 2.05) is 6.92 Å². The molecule has 3 rings (SSSR count). The van der Waals surface area contributed by atoms with E-state index < -0.39 is 35.9 Å². The summed E-state index contributed by atoms with van der Waals surface area (Å²) in [5, 5.41) is 17.2. The van der Waals surface area contributed by atoms with Gasteiger partial charge in [0.2, 0.25) is 0 Å². The number of aliphatic carboxylic acids is 1. The van der Waals surface area contributed by atoms with Crippen LogP contribution in [0.1, 0.15) is 36.3 Å². The first-order valence-electron chi connectivity index (χ1n) is 9.10. The van der Waals surface area contributed by atoms with Crippen molar-refractivity contribution in [2.45, 2.75) is 38.1 Å². The van der Waals surface area contributed by atoms with E-state index in [1.165, 1.54) is 18.2 Å². The highest BCUT2D eigenvalue weighted by Crippen LogP contribution is 2.37. The van der Waals surface area contributed by atoms with E-state index in [1.54, 1.807) is 0 Å². The number of carboxylic acid groups (broad SMARTS) is 1. The van der Waals surface area contributed by atoms with Gasteiger partial charge in [0.05, 0.1) is 17.0 Å². The molecule has 1 aromatic heterocycles. The molecule has 7 nitrogen and oxygen atoms in total. The zero-order chi connectivity index (χ0) is 22.1. The van der Waals surface area contributed by atoms with Gasteiger partial charge >= 0.3 is 18.1 Å². The highest BCUT2D eigenvalue weighted by molar-refractivity contribution is 5.97. The third kappa shape index (κ3) is 4.59. The van der Waals surface area contributed by atoms with Crippen LogP contribution >= 0.6 is 0 Å². The minimum absolute atomic E-state index is 0.0785. The maximum Gasteiger partial charge on any atom is 0.416 e. The standard InChI is InChI=1S/C20H19F3N2O5/c1-10-6-15-13(16(7-10)30-19(28)17(29-2)18(26)27)9-14(24-25-15)11-4-3-5-12(8-11)20(21,22)23/h3-5,8-10,16-17H,6-7H2,1-2H3,(H,26,27). The average Bonchev–Trinajstić information content (AvgIpc) is 2.67. The quantitative estimate of drug-likeness (QED) is 0.580. The Kier molecular flexibility index (Phi) is 6.06. The molecule has 1 aliphatic carbocycles. The van der Waals surface area contributed by atoms with Crippen LogP contribution in [0.15, 0.2) is 30.3 Å². The Morgan fingerprint density at radius 2 is 1.97 bits per heavy atom. The Morgan fingerprint density at radius 3 is 2.60 bits per heavy atom. The summed E-state index contributed by atoms with van der Waals surface area (Å²) in [5.41, 5.74) is 0.622. The fourth-order valence-corrected chi connectivity index (χ4v) is 3.38. The van der Waals surface area contributed by atoms with Gasteiger partial charge in [-0.05, 0) is 37.0 Å². The number of fused-ring (bicyclic) bond motifs is 1. The normalized spacial score (nSPS) is 19.6. The van der Waals surface area contributed by atoms with Gasteiger partial charge in [0.15, 0.2) is 0 Å². The van der Waals surface area contributed by atoms with Crippen molar-refractivity contribution in [3.05, 3.63) is 47.2 Å². The molecule has 30 heavy (non-hydrogen) atoms. The van der Waals surface area contributed by atoms with Crippen molar-refractivity contribution in [3.8, 4) is 11.3 Å². The first-order valence-corrected chi connectivity index (χ1v) is 9.10. The SMILES string of the molecule is COC(C(=O)O)C(=O)OC1CC(C)Cc2nnc(-c3cccc(C(F)(F)F)c3)cc21. The van der Waals surface area contributed by atoms with Crippen molar-refractivity contribution in [2.24, 2.45) is 5.92 Å². The number of benzene rings is 1. The fourth-order valence-electron chi connectivity index (χ4n) is 3.38. The van der Waals surface area contributed by atoms with Gasteiger partial charge in [0.1, 0.15) is 6.10 Å². The number of rotatable bonds is 5. The first kappa shape index (κ1) is 21.7. The zero-order valence-electron chi connectivity index (χ0n) is 16.1. The van der Waals surface area contributed by atoms with E-state index in [9.17, 15) is 22.8 Å². The number of carboxylic acids is 1. The van der Waals surface area contributed by atoms with Crippen LogP contribution in [0.2, 0.25) is 0 Å². The first-order chi connectivity index (χ1) is 14.1. The van der Waals surface area contributed by atoms with Gasteiger partial charge < -0.3 is 14.6 Å². The van der Waals surface area contributed by atoms with Crippen LogP contribution in [0.5, 0.6) is 0 Å². The highest BCUT2D eigenvalue weighted by Gasteiger charge is 2.35. The van der Waals surface area contributed by atoms with Gasteiger partial charge in [0.25, 0.3) is 6.10 Å². The smallest absolute Gasteiger partial charge is 0.416 e. The van der Waals surface area contributed by atoms with E-state index in [4.69, 9.17) is 9.84 Å². The third-order valence-electron chi connectivity index (χ3n) is 4.83. The van der Waals surface area contributed by atoms with Crippen molar-refractivity contribution >= 4 is 11.9 Å². The minimum Gasteiger partial charge on any atom is -0.479 e. The molecule has 3 unspecified atom stereocenters. The molecule has 160 valence electrons. The summed E-state index contributed by atoms with van der Waals surface area (Å²) >= 11 is 0. The van der Waals surface area contributed by atoms with Crippen molar-refractivity contribution in [2.75, 3.05) is 7.11 Å². The summed E-state index contributed by atoms with van der Waals surface area (Å²) in [6.45, 7) is 1.91. The lowest BCUT2D eigenvalue weighted by molar-refractivity contribution is -0.172. The van der Waals surface area contributed by atoms with Crippen LogP contribution in [-0.4, -0.2) is 40.5 Å². The van der Waals surface area contributed by atoms with Crippen LogP contribution in [0.3, 0.4) is 0 Å². The number of nitrogens with zero attached hydrogens (tertiary/aromatic N) is 2. The summed E-state index contributed by atoms with van der Waals surface area (Å²) < 4.78 is 49.1. The van der Waals surface area contributed by atoms with Crippen LogP contribution in [-0.2, 0) is 31.7 Å². The molecular formula is C20H19F3N2O5. The van der Waals surface area contributed by atoms with Crippen LogP contribution in [0, 0.1) is 5.92 Å². The summed E-state index contributed by atoms with van der Waals surface area (Å²) in [6, 6.07) is 6.20. The minimum atomic E-state index is -4.50. The van der Waals surface area contributed by atoms with Gasteiger partial charge in [-0.1, -0.05) is 19.1 Å². The molecule has 1 aromatic carbocycles. The van der Waals surface area contributed by atoms with Crippen LogP contribution in [0.4, 0.5) is 13.2 Å². The summed E-state index contributed by atoms with van der Waals surface area (Å²) in [6.07, 6.45) is -6.14. The number of aromatic nitrogens is 2. The van der Waals surface area contributed by atoms with Crippen molar-refractivity contribution in [3.63, 3.8) is 0 Å². The highest BCUT2D eigenvalue weighted by atomic mass is 19.4. The molecule has 0 saturated heterocycles. The predicted octanol–water partition coefficient (Wildman–Crippen LogP) is 3.43. The molecule has 10 heteroatoms. The Bertz CT molecular complexity index is 964.